The van der Waals surface area contributed by atoms with Gasteiger partial charge in [-0.25, -0.2) is 0 Å². The second-order valence-electron chi connectivity index (χ2n) is 1.40. The lowest BCUT2D eigenvalue weighted by molar-refractivity contribution is 1.43. The highest BCUT2D eigenvalue weighted by molar-refractivity contribution is 5.06. The Morgan fingerprint density at radius 2 is 2.00 bits per heavy atom. The number of hydrogen-bond donors (Lipinski definition) is 0. The fourth-order valence-electron chi connectivity index (χ4n) is 0.311. The normalized spacial score (nSPS) is 13.3. The first-order valence-corrected chi connectivity index (χ1v) is 2.48. The smallest absolute Gasteiger partial charge is 0.0202 e. The maximum Gasteiger partial charge on any atom is -0.0202 e. The Morgan fingerprint density at radius 3 is 2.14 bits per heavy atom. The highest BCUT2D eigenvalue weighted by Gasteiger charge is 1.71. The third-order valence-corrected chi connectivity index (χ3v) is 0.805. The van der Waals surface area contributed by atoms with E-state index in [1.807, 2.05) is 32.9 Å². The summed E-state index contributed by atoms with van der Waals surface area (Å²) in [7, 11) is 0. The summed E-state index contributed by atoms with van der Waals surface area (Å²) in [5, 5.41) is 0. The van der Waals surface area contributed by atoms with Crippen molar-refractivity contribution in [1.29, 1.82) is 0 Å². The van der Waals surface area contributed by atoms with Crippen LogP contribution in [0.2, 0.25) is 0 Å². The third kappa shape index (κ3) is 3.31. The molecule has 0 bridgehead atoms. The van der Waals surface area contributed by atoms with E-state index in [0.717, 1.165) is 0 Å². The summed E-state index contributed by atoms with van der Waals surface area (Å²) in [4.78, 5) is 0. The van der Waals surface area contributed by atoms with Crippen LogP contribution < -0.4 is 0 Å². The molecule has 0 nitrogen and oxygen atoms in total. The molecule has 0 saturated heterocycles. The Balaban J connectivity index is 3.58. The summed E-state index contributed by atoms with van der Waals surface area (Å²) in [5.41, 5.74) is 1.20. The van der Waals surface area contributed by atoms with Crippen molar-refractivity contribution in [3.05, 3.63) is 23.8 Å². The van der Waals surface area contributed by atoms with E-state index in [-0.39, 0.29) is 0 Å². The average Bonchev–Trinajstić information content (AvgIpc) is 1.68. The van der Waals surface area contributed by atoms with Crippen molar-refractivity contribution < 1.29 is 0 Å². The maximum absolute atomic E-state index is 3.03. The van der Waals surface area contributed by atoms with Crippen LogP contribution in [-0.4, -0.2) is 0 Å². The van der Waals surface area contributed by atoms with Gasteiger partial charge in [-0.05, 0) is 32.4 Å². The molecular weight excluding hydrogens is 84.1 g/mol. The molecule has 0 aliphatic carbocycles. The van der Waals surface area contributed by atoms with Crippen molar-refractivity contribution in [3.8, 4) is 0 Å². The fourth-order valence-corrected chi connectivity index (χ4v) is 0.311. The van der Waals surface area contributed by atoms with Crippen molar-refractivity contribution in [2.75, 3.05) is 0 Å². The van der Waals surface area contributed by atoms with Crippen LogP contribution in [0.5, 0.6) is 0 Å². The first-order chi connectivity index (χ1) is 3.31. The first-order valence-electron chi connectivity index (χ1n) is 2.48. The molecular formula is C7H11. The molecule has 0 spiro atoms. The molecule has 0 aromatic rings. The molecule has 0 atom stereocenters. The van der Waals surface area contributed by atoms with Crippen LogP contribution >= 0.6 is 0 Å². The minimum atomic E-state index is 1.20. The molecule has 0 N–H and O–H groups in total. The Labute approximate surface area is 45.5 Å². The Kier molecular flexibility index (Phi) is 3.39. The van der Waals surface area contributed by atoms with E-state index in [1.54, 1.807) is 0 Å². The van der Waals surface area contributed by atoms with Crippen molar-refractivity contribution in [2.24, 2.45) is 0 Å². The molecule has 0 heterocycles. The highest BCUT2D eigenvalue weighted by Crippen LogP contribution is 1.89. The molecule has 39 valence electrons. The Morgan fingerprint density at radius 1 is 1.43 bits per heavy atom. The maximum atomic E-state index is 3.03. The second kappa shape index (κ2) is 3.66. The molecule has 0 amide bonds. The first kappa shape index (κ1) is 6.48. The number of hydrogen-bond acceptors (Lipinski definition) is 0. The van der Waals surface area contributed by atoms with Gasteiger partial charge in [-0.1, -0.05) is 12.2 Å². The number of allylic oxidation sites excluding steroid dienone is 4. The molecule has 0 fully saturated rings. The van der Waals surface area contributed by atoms with Crippen LogP contribution in [0.4, 0.5) is 0 Å². The molecule has 7 heavy (non-hydrogen) atoms. The van der Waals surface area contributed by atoms with E-state index in [1.165, 1.54) is 5.57 Å². The number of rotatable bonds is 1. The molecule has 0 saturated carbocycles. The molecule has 0 aromatic carbocycles. The molecule has 0 rings (SSSR count). The molecule has 0 aliphatic heterocycles. The summed E-state index contributed by atoms with van der Waals surface area (Å²) < 4.78 is 0. The van der Waals surface area contributed by atoms with Gasteiger partial charge in [-0.2, -0.15) is 0 Å². The second-order valence-corrected chi connectivity index (χ2v) is 1.40. The van der Waals surface area contributed by atoms with Crippen LogP contribution in [0, 0.1) is 6.08 Å². The van der Waals surface area contributed by atoms with E-state index in [0.29, 0.717) is 0 Å². The SMILES string of the molecule is CC=[C]C(C)=CC. The minimum absolute atomic E-state index is 1.20. The molecule has 0 heteroatoms. The van der Waals surface area contributed by atoms with Gasteiger partial charge in [0.1, 0.15) is 0 Å². The van der Waals surface area contributed by atoms with Crippen molar-refractivity contribution in [1.82, 2.24) is 0 Å². The van der Waals surface area contributed by atoms with Gasteiger partial charge in [0.15, 0.2) is 0 Å². The van der Waals surface area contributed by atoms with Gasteiger partial charge in [0.2, 0.25) is 0 Å². The van der Waals surface area contributed by atoms with Crippen molar-refractivity contribution >= 4 is 0 Å². The summed E-state index contributed by atoms with van der Waals surface area (Å²) in [6.07, 6.45) is 6.97. The van der Waals surface area contributed by atoms with Gasteiger partial charge in [0.05, 0.1) is 0 Å². The third-order valence-electron chi connectivity index (χ3n) is 0.805. The van der Waals surface area contributed by atoms with Gasteiger partial charge in [0.25, 0.3) is 0 Å². The monoisotopic (exact) mass is 95.1 g/mol. The lowest BCUT2D eigenvalue weighted by Gasteiger charge is -1.80. The average molecular weight is 95.2 g/mol. The van der Waals surface area contributed by atoms with E-state index in [4.69, 9.17) is 0 Å². The topological polar surface area (TPSA) is 0 Å². The zero-order valence-electron chi connectivity index (χ0n) is 5.15. The van der Waals surface area contributed by atoms with Gasteiger partial charge < -0.3 is 0 Å². The predicted octanol–water partition coefficient (Wildman–Crippen LogP) is 2.33. The molecule has 0 aromatic heterocycles. The zero-order chi connectivity index (χ0) is 5.70. The minimum Gasteiger partial charge on any atom is -0.0841 e. The molecule has 0 aliphatic rings. The standard InChI is InChI=1S/C7H11/c1-4-6-7(3)5-2/h4-5H,1-3H3. The van der Waals surface area contributed by atoms with Crippen LogP contribution in [0.3, 0.4) is 0 Å². The molecule has 1 radical (unpaired) electrons. The van der Waals surface area contributed by atoms with Gasteiger partial charge in [-0.3, -0.25) is 0 Å². The molecule has 0 unspecified atom stereocenters. The summed E-state index contributed by atoms with van der Waals surface area (Å²) in [5.74, 6) is 0. The quantitative estimate of drug-likeness (QED) is 0.438. The van der Waals surface area contributed by atoms with E-state index in [9.17, 15) is 0 Å². The van der Waals surface area contributed by atoms with Gasteiger partial charge in [0, 0.05) is 0 Å². The summed E-state index contributed by atoms with van der Waals surface area (Å²) >= 11 is 0. The zero-order valence-corrected chi connectivity index (χ0v) is 5.15. The Hall–Kier alpha value is -0.520. The lowest BCUT2D eigenvalue weighted by Crippen LogP contribution is -1.61. The summed E-state index contributed by atoms with van der Waals surface area (Å²) in [6, 6.07) is 0. The fraction of sp³-hybridized carbons (Fsp3) is 0.429. The largest absolute Gasteiger partial charge is 0.0841 e. The predicted molar refractivity (Wildman–Crippen MR) is 32.9 cm³/mol. The lowest BCUT2D eigenvalue weighted by atomic mass is 10.3. The van der Waals surface area contributed by atoms with E-state index in [2.05, 4.69) is 6.08 Å². The van der Waals surface area contributed by atoms with Crippen LogP contribution in [0.1, 0.15) is 20.8 Å². The van der Waals surface area contributed by atoms with E-state index < -0.39 is 0 Å². The van der Waals surface area contributed by atoms with Gasteiger partial charge in [-0.15, -0.1) is 0 Å². The Bertz CT molecular complexity index is 86.2. The van der Waals surface area contributed by atoms with Crippen molar-refractivity contribution in [2.45, 2.75) is 20.8 Å². The van der Waals surface area contributed by atoms with Crippen LogP contribution in [-0.2, 0) is 0 Å². The summed E-state index contributed by atoms with van der Waals surface area (Å²) in [6.45, 7) is 6.00. The van der Waals surface area contributed by atoms with Gasteiger partial charge >= 0.3 is 0 Å². The van der Waals surface area contributed by atoms with Crippen molar-refractivity contribution in [3.63, 3.8) is 0 Å². The van der Waals surface area contributed by atoms with Crippen LogP contribution in [0.15, 0.2) is 17.7 Å². The van der Waals surface area contributed by atoms with Crippen LogP contribution in [0.25, 0.3) is 0 Å². The van der Waals surface area contributed by atoms with E-state index >= 15 is 0 Å². The highest BCUT2D eigenvalue weighted by atomic mass is 13.8.